The quantitative estimate of drug-likeness (QED) is 0.776. The third kappa shape index (κ3) is 2.44. The molecule has 0 saturated heterocycles. The lowest BCUT2D eigenvalue weighted by atomic mass is 9.93. The molecular weight excluding hydrogens is 306 g/mol. The van der Waals surface area contributed by atoms with Gasteiger partial charge in [0.05, 0.1) is 13.3 Å². The molecule has 6 heteroatoms. The average Bonchev–Trinajstić information content (AvgIpc) is 3.18. The van der Waals surface area contributed by atoms with Crippen molar-refractivity contribution in [3.63, 3.8) is 0 Å². The SMILES string of the molecule is COc1ccc2c(C)c(C(=O)N[C@@H]3CCc4[nH]ncc4C3)oc2c1. The number of methoxy groups -OCH3 is 1. The monoisotopic (exact) mass is 325 g/mol. The number of carbonyl (C=O) groups is 1. The first-order valence-electron chi connectivity index (χ1n) is 8.05. The van der Waals surface area contributed by atoms with Crippen LogP contribution in [0.25, 0.3) is 11.0 Å². The number of amides is 1. The lowest BCUT2D eigenvalue weighted by molar-refractivity contribution is 0.0907. The van der Waals surface area contributed by atoms with E-state index < -0.39 is 0 Å². The molecule has 1 aliphatic carbocycles. The highest BCUT2D eigenvalue weighted by Gasteiger charge is 2.24. The number of furan rings is 1. The van der Waals surface area contributed by atoms with Crippen LogP contribution in [0.4, 0.5) is 0 Å². The van der Waals surface area contributed by atoms with Crippen LogP contribution in [0.15, 0.2) is 28.8 Å². The first kappa shape index (κ1) is 14.8. The van der Waals surface area contributed by atoms with E-state index in [4.69, 9.17) is 9.15 Å². The summed E-state index contributed by atoms with van der Waals surface area (Å²) < 4.78 is 11.0. The highest BCUT2D eigenvalue weighted by atomic mass is 16.5. The third-order valence-corrected chi connectivity index (χ3v) is 4.70. The molecule has 124 valence electrons. The number of aryl methyl sites for hydroxylation is 2. The second-order valence-corrected chi connectivity index (χ2v) is 6.21. The molecule has 0 aliphatic heterocycles. The largest absolute Gasteiger partial charge is 0.497 e. The van der Waals surface area contributed by atoms with Crippen molar-refractivity contribution < 1.29 is 13.9 Å². The lowest BCUT2D eigenvalue weighted by Gasteiger charge is -2.22. The Kier molecular flexibility index (Phi) is 3.52. The number of nitrogens with one attached hydrogen (secondary N) is 2. The summed E-state index contributed by atoms with van der Waals surface area (Å²) in [4.78, 5) is 12.6. The van der Waals surface area contributed by atoms with Crippen molar-refractivity contribution in [2.75, 3.05) is 7.11 Å². The Morgan fingerprint density at radius 2 is 2.33 bits per heavy atom. The van der Waals surface area contributed by atoms with Gasteiger partial charge >= 0.3 is 0 Å². The van der Waals surface area contributed by atoms with Crippen molar-refractivity contribution in [1.82, 2.24) is 15.5 Å². The number of aromatic nitrogens is 2. The molecule has 0 fully saturated rings. The van der Waals surface area contributed by atoms with Gasteiger partial charge in [-0.3, -0.25) is 9.89 Å². The molecular formula is C18H19N3O3. The molecule has 1 aliphatic rings. The molecule has 0 saturated carbocycles. The number of hydrogen-bond donors (Lipinski definition) is 2. The molecule has 0 radical (unpaired) electrons. The molecule has 2 heterocycles. The minimum Gasteiger partial charge on any atom is -0.497 e. The van der Waals surface area contributed by atoms with Gasteiger partial charge in [-0.15, -0.1) is 0 Å². The maximum atomic E-state index is 12.6. The zero-order chi connectivity index (χ0) is 16.7. The summed E-state index contributed by atoms with van der Waals surface area (Å²) in [5, 5.41) is 11.1. The van der Waals surface area contributed by atoms with Gasteiger partial charge in [0.15, 0.2) is 5.76 Å². The fraction of sp³-hybridized carbons (Fsp3) is 0.333. The lowest BCUT2D eigenvalue weighted by Crippen LogP contribution is -2.38. The molecule has 4 rings (SSSR count). The minimum absolute atomic E-state index is 0.102. The van der Waals surface area contributed by atoms with Crippen LogP contribution in [0.2, 0.25) is 0 Å². The molecule has 24 heavy (non-hydrogen) atoms. The Morgan fingerprint density at radius 3 is 3.17 bits per heavy atom. The Bertz CT molecular complexity index is 910. The number of aromatic amines is 1. The number of benzene rings is 1. The molecule has 1 amide bonds. The smallest absolute Gasteiger partial charge is 0.287 e. The normalized spacial score (nSPS) is 16.8. The topological polar surface area (TPSA) is 80.1 Å². The summed E-state index contributed by atoms with van der Waals surface area (Å²) in [5.41, 5.74) is 3.87. The van der Waals surface area contributed by atoms with Crippen molar-refractivity contribution in [3.8, 4) is 5.75 Å². The van der Waals surface area contributed by atoms with E-state index in [9.17, 15) is 4.79 Å². The van der Waals surface area contributed by atoms with E-state index in [0.29, 0.717) is 17.1 Å². The summed E-state index contributed by atoms with van der Waals surface area (Å²) in [6, 6.07) is 5.69. The first-order valence-corrected chi connectivity index (χ1v) is 8.05. The number of carbonyl (C=O) groups excluding carboxylic acids is 1. The van der Waals surface area contributed by atoms with Gasteiger partial charge in [0, 0.05) is 28.8 Å². The van der Waals surface area contributed by atoms with E-state index in [1.165, 1.54) is 11.3 Å². The van der Waals surface area contributed by atoms with E-state index in [1.54, 1.807) is 13.2 Å². The zero-order valence-electron chi connectivity index (χ0n) is 13.7. The van der Waals surface area contributed by atoms with Crippen LogP contribution >= 0.6 is 0 Å². The Balaban J connectivity index is 1.56. The first-order chi connectivity index (χ1) is 11.7. The van der Waals surface area contributed by atoms with Crippen molar-refractivity contribution in [3.05, 3.63) is 47.0 Å². The van der Waals surface area contributed by atoms with Gasteiger partial charge in [-0.25, -0.2) is 0 Å². The van der Waals surface area contributed by atoms with Crippen LogP contribution in [0.5, 0.6) is 5.75 Å². The van der Waals surface area contributed by atoms with Gasteiger partial charge in [-0.1, -0.05) is 0 Å². The number of nitrogens with zero attached hydrogens (tertiary/aromatic N) is 1. The molecule has 3 aromatic rings. The summed E-state index contributed by atoms with van der Waals surface area (Å²) in [7, 11) is 1.61. The molecule has 1 aromatic carbocycles. The number of ether oxygens (including phenoxy) is 1. The predicted octanol–water partition coefficient (Wildman–Crippen LogP) is 2.76. The Labute approximate surface area is 139 Å². The van der Waals surface area contributed by atoms with Crippen LogP contribution in [0.3, 0.4) is 0 Å². The molecule has 2 aromatic heterocycles. The summed E-state index contributed by atoms with van der Waals surface area (Å²) >= 11 is 0. The summed E-state index contributed by atoms with van der Waals surface area (Å²) in [6.07, 6.45) is 4.43. The van der Waals surface area contributed by atoms with Crippen molar-refractivity contribution in [1.29, 1.82) is 0 Å². The molecule has 0 unspecified atom stereocenters. The van der Waals surface area contributed by atoms with Crippen LogP contribution in [0.1, 0.15) is 33.8 Å². The third-order valence-electron chi connectivity index (χ3n) is 4.70. The van der Waals surface area contributed by atoms with Crippen LogP contribution in [-0.4, -0.2) is 29.3 Å². The minimum atomic E-state index is -0.167. The van der Waals surface area contributed by atoms with E-state index >= 15 is 0 Å². The fourth-order valence-corrected chi connectivity index (χ4v) is 3.34. The maximum Gasteiger partial charge on any atom is 0.287 e. The van der Waals surface area contributed by atoms with Crippen LogP contribution in [-0.2, 0) is 12.8 Å². The van der Waals surface area contributed by atoms with Gasteiger partial charge in [-0.05, 0) is 43.9 Å². The van der Waals surface area contributed by atoms with Crippen molar-refractivity contribution in [2.24, 2.45) is 0 Å². The number of H-pyrrole nitrogens is 1. The van der Waals surface area contributed by atoms with Crippen LogP contribution < -0.4 is 10.1 Å². The highest BCUT2D eigenvalue weighted by molar-refractivity contribution is 5.99. The van der Waals surface area contributed by atoms with E-state index in [1.807, 2.05) is 25.3 Å². The second kappa shape index (κ2) is 5.70. The Hall–Kier alpha value is -2.76. The highest BCUT2D eigenvalue weighted by Crippen LogP contribution is 2.29. The summed E-state index contributed by atoms with van der Waals surface area (Å²) in [5.74, 6) is 0.916. The zero-order valence-corrected chi connectivity index (χ0v) is 13.7. The van der Waals surface area contributed by atoms with Gasteiger partial charge in [0.1, 0.15) is 11.3 Å². The van der Waals surface area contributed by atoms with Gasteiger partial charge < -0.3 is 14.5 Å². The number of rotatable bonds is 3. The molecule has 2 N–H and O–H groups in total. The van der Waals surface area contributed by atoms with E-state index in [2.05, 4.69) is 15.5 Å². The fourth-order valence-electron chi connectivity index (χ4n) is 3.34. The van der Waals surface area contributed by atoms with Gasteiger partial charge in [0.25, 0.3) is 5.91 Å². The predicted molar refractivity (Wildman–Crippen MR) is 89.4 cm³/mol. The van der Waals surface area contributed by atoms with Gasteiger partial charge in [-0.2, -0.15) is 5.10 Å². The summed E-state index contributed by atoms with van der Waals surface area (Å²) in [6.45, 7) is 1.91. The molecule has 6 nitrogen and oxygen atoms in total. The number of hydrogen-bond acceptors (Lipinski definition) is 4. The van der Waals surface area contributed by atoms with E-state index in [-0.39, 0.29) is 11.9 Å². The molecule has 0 spiro atoms. The Morgan fingerprint density at radius 1 is 1.46 bits per heavy atom. The van der Waals surface area contributed by atoms with E-state index in [0.717, 1.165) is 30.2 Å². The van der Waals surface area contributed by atoms with Crippen molar-refractivity contribution >= 4 is 16.9 Å². The van der Waals surface area contributed by atoms with Crippen LogP contribution in [0, 0.1) is 6.92 Å². The average molecular weight is 325 g/mol. The van der Waals surface area contributed by atoms with Crippen molar-refractivity contribution in [2.45, 2.75) is 32.2 Å². The van der Waals surface area contributed by atoms with Gasteiger partial charge in [0.2, 0.25) is 0 Å². The molecule has 0 bridgehead atoms. The molecule has 1 atom stereocenters. The number of fused-ring (bicyclic) bond motifs is 2. The standard InChI is InChI=1S/C18H19N3O3/c1-10-14-5-4-13(23-2)8-16(14)24-17(10)18(22)20-12-3-6-15-11(7-12)9-19-21-15/h4-5,8-9,12H,3,6-7H2,1-2H3,(H,19,21)(H,20,22)/t12-/m1/s1. The maximum absolute atomic E-state index is 12.6. The second-order valence-electron chi connectivity index (χ2n) is 6.21.